The Morgan fingerprint density at radius 1 is 0.607 bits per heavy atom. The molecule has 0 aromatic heterocycles. The molecule has 0 saturated heterocycles. The smallest absolute Gasteiger partial charge is 0.344 e. The summed E-state index contributed by atoms with van der Waals surface area (Å²) in [6.07, 6.45) is -8.94. The van der Waals surface area contributed by atoms with E-state index >= 15 is 0 Å². The molecule has 0 bridgehead atoms. The average Bonchev–Trinajstić information content (AvgIpc) is 2.63. The van der Waals surface area contributed by atoms with Gasteiger partial charge in [0, 0.05) is 13.1 Å². The Morgan fingerprint density at radius 3 is 1.14 bits per heavy atom. The van der Waals surface area contributed by atoms with Crippen molar-refractivity contribution < 1.29 is 35.9 Å². The van der Waals surface area contributed by atoms with Crippen molar-refractivity contribution in [2.24, 2.45) is 0 Å². The third kappa shape index (κ3) is 6.00. The summed E-state index contributed by atoms with van der Waals surface area (Å²) in [5.41, 5.74) is -0.956. The highest BCUT2D eigenvalue weighted by atomic mass is 19.4. The highest BCUT2D eigenvalue weighted by molar-refractivity contribution is 6.35. The van der Waals surface area contributed by atoms with E-state index in [-0.39, 0.29) is 13.1 Å². The summed E-state index contributed by atoms with van der Waals surface area (Å²) in [7, 11) is 0. The molecular formula is C18H14F6N2O2. The molecule has 10 heteroatoms. The first-order valence-electron chi connectivity index (χ1n) is 7.85. The number of benzene rings is 2. The molecule has 0 radical (unpaired) electrons. The van der Waals surface area contributed by atoms with Gasteiger partial charge in [-0.05, 0) is 35.4 Å². The number of carbonyl (C=O) groups is 2. The van der Waals surface area contributed by atoms with Gasteiger partial charge in [-0.2, -0.15) is 26.3 Å². The zero-order valence-corrected chi connectivity index (χ0v) is 14.1. The molecule has 0 spiro atoms. The summed E-state index contributed by atoms with van der Waals surface area (Å²) >= 11 is 0. The van der Waals surface area contributed by atoms with Gasteiger partial charge in [0.2, 0.25) is 0 Å². The minimum absolute atomic E-state index is 0.162. The lowest BCUT2D eigenvalue weighted by molar-refractivity contribution is -0.139. The molecule has 0 fully saturated rings. The summed E-state index contributed by atoms with van der Waals surface area (Å²) in [5.74, 6) is -2.04. The quantitative estimate of drug-likeness (QED) is 0.604. The van der Waals surface area contributed by atoms with Crippen molar-refractivity contribution in [2.75, 3.05) is 0 Å². The summed E-state index contributed by atoms with van der Waals surface area (Å²) < 4.78 is 74.8. The van der Waals surface area contributed by atoms with Gasteiger partial charge in [-0.25, -0.2) is 0 Å². The van der Waals surface area contributed by atoms with Crippen LogP contribution in [0.3, 0.4) is 0 Å². The lowest BCUT2D eigenvalue weighted by Crippen LogP contribution is -2.39. The van der Waals surface area contributed by atoms with E-state index in [1.807, 2.05) is 0 Å². The lowest BCUT2D eigenvalue weighted by Gasteiger charge is -2.10. The van der Waals surface area contributed by atoms with Crippen LogP contribution in [0.2, 0.25) is 0 Å². The lowest BCUT2D eigenvalue weighted by atomic mass is 10.1. The average molecular weight is 404 g/mol. The predicted molar refractivity (Wildman–Crippen MR) is 86.6 cm³/mol. The van der Waals surface area contributed by atoms with Gasteiger partial charge in [-0.3, -0.25) is 9.59 Å². The minimum Gasteiger partial charge on any atom is -0.344 e. The predicted octanol–water partition coefficient (Wildman–Crippen LogP) is 3.66. The molecule has 2 amide bonds. The second kappa shape index (κ2) is 8.32. The fraction of sp³-hybridized carbons (Fsp3) is 0.222. The van der Waals surface area contributed by atoms with Crippen molar-refractivity contribution in [1.29, 1.82) is 0 Å². The van der Waals surface area contributed by atoms with Crippen LogP contribution in [0, 0.1) is 0 Å². The largest absolute Gasteiger partial charge is 0.416 e. The van der Waals surface area contributed by atoms with Crippen molar-refractivity contribution in [3.05, 3.63) is 70.8 Å². The zero-order valence-electron chi connectivity index (χ0n) is 14.1. The van der Waals surface area contributed by atoms with Gasteiger partial charge in [0.1, 0.15) is 0 Å². The Labute approximate surface area is 155 Å². The molecule has 2 aromatic carbocycles. The Balaban J connectivity index is 1.82. The van der Waals surface area contributed by atoms with Crippen LogP contribution < -0.4 is 10.6 Å². The SMILES string of the molecule is O=C(NCc1ccc(C(F)(F)F)cc1)C(=O)NCc1ccc(C(F)(F)F)cc1. The van der Waals surface area contributed by atoms with Crippen LogP contribution >= 0.6 is 0 Å². The van der Waals surface area contributed by atoms with E-state index < -0.39 is 35.3 Å². The van der Waals surface area contributed by atoms with Crippen molar-refractivity contribution in [3.63, 3.8) is 0 Å². The Bertz CT molecular complexity index is 756. The number of rotatable bonds is 4. The first kappa shape index (κ1) is 21.3. The zero-order chi connectivity index (χ0) is 20.9. The van der Waals surface area contributed by atoms with Crippen LogP contribution in [0.25, 0.3) is 0 Å². The second-order valence-electron chi connectivity index (χ2n) is 5.75. The summed E-state index contributed by atoms with van der Waals surface area (Å²) in [5, 5.41) is 4.48. The monoisotopic (exact) mass is 404 g/mol. The van der Waals surface area contributed by atoms with Crippen LogP contribution in [0.15, 0.2) is 48.5 Å². The van der Waals surface area contributed by atoms with Crippen molar-refractivity contribution in [2.45, 2.75) is 25.4 Å². The van der Waals surface area contributed by atoms with Gasteiger partial charge < -0.3 is 10.6 Å². The molecule has 0 aliphatic carbocycles. The number of nitrogens with one attached hydrogen (secondary N) is 2. The van der Waals surface area contributed by atoms with Crippen LogP contribution in [0.5, 0.6) is 0 Å². The second-order valence-corrected chi connectivity index (χ2v) is 5.75. The molecule has 0 saturated carbocycles. The maximum absolute atomic E-state index is 12.5. The summed E-state index contributed by atoms with van der Waals surface area (Å²) in [6.45, 7) is -0.324. The number of carbonyl (C=O) groups excluding carboxylic acids is 2. The number of halogens is 6. The van der Waals surface area contributed by atoms with E-state index in [4.69, 9.17) is 0 Å². The molecule has 150 valence electrons. The maximum atomic E-state index is 12.5. The number of alkyl halides is 6. The Morgan fingerprint density at radius 2 is 0.893 bits per heavy atom. The van der Waals surface area contributed by atoms with Gasteiger partial charge in [-0.1, -0.05) is 24.3 Å². The van der Waals surface area contributed by atoms with Crippen molar-refractivity contribution in [3.8, 4) is 0 Å². The molecule has 2 rings (SSSR count). The van der Waals surface area contributed by atoms with Crippen molar-refractivity contribution in [1.82, 2.24) is 10.6 Å². The van der Waals surface area contributed by atoms with Crippen LogP contribution in [0.1, 0.15) is 22.3 Å². The van der Waals surface area contributed by atoms with Crippen LogP contribution in [-0.4, -0.2) is 11.8 Å². The third-order valence-corrected chi connectivity index (χ3v) is 3.67. The van der Waals surface area contributed by atoms with E-state index in [9.17, 15) is 35.9 Å². The number of hydrogen-bond donors (Lipinski definition) is 2. The topological polar surface area (TPSA) is 58.2 Å². The molecule has 0 aliphatic heterocycles. The number of hydrogen-bond acceptors (Lipinski definition) is 2. The molecule has 2 aromatic rings. The molecule has 0 heterocycles. The first-order chi connectivity index (χ1) is 13.0. The molecule has 0 unspecified atom stereocenters. The molecule has 0 atom stereocenters. The van der Waals surface area contributed by atoms with E-state index in [0.717, 1.165) is 24.3 Å². The van der Waals surface area contributed by atoms with Gasteiger partial charge in [0.15, 0.2) is 0 Å². The van der Waals surface area contributed by atoms with Gasteiger partial charge in [0.05, 0.1) is 11.1 Å². The van der Waals surface area contributed by atoms with Gasteiger partial charge in [-0.15, -0.1) is 0 Å². The Kier molecular flexibility index (Phi) is 6.32. The molecule has 2 N–H and O–H groups in total. The third-order valence-electron chi connectivity index (χ3n) is 3.67. The normalized spacial score (nSPS) is 11.8. The highest BCUT2D eigenvalue weighted by Gasteiger charge is 2.30. The number of amides is 2. The first-order valence-corrected chi connectivity index (χ1v) is 7.85. The molecular weight excluding hydrogens is 390 g/mol. The standard InChI is InChI=1S/C18H14F6N2O2/c19-17(20,21)13-5-1-11(2-6-13)9-25-15(27)16(28)26-10-12-3-7-14(8-4-12)18(22,23)24/h1-8H,9-10H2,(H,25,27)(H,26,28). The van der Waals surface area contributed by atoms with Crippen molar-refractivity contribution >= 4 is 11.8 Å². The molecule has 4 nitrogen and oxygen atoms in total. The van der Waals surface area contributed by atoms with E-state index in [2.05, 4.69) is 10.6 Å². The van der Waals surface area contributed by atoms with E-state index in [0.29, 0.717) is 11.1 Å². The van der Waals surface area contributed by atoms with Crippen LogP contribution in [0.4, 0.5) is 26.3 Å². The maximum Gasteiger partial charge on any atom is 0.416 e. The highest BCUT2D eigenvalue weighted by Crippen LogP contribution is 2.29. The van der Waals surface area contributed by atoms with Crippen LogP contribution in [-0.2, 0) is 35.0 Å². The molecule has 28 heavy (non-hydrogen) atoms. The minimum atomic E-state index is -4.47. The van der Waals surface area contributed by atoms with E-state index in [1.54, 1.807) is 0 Å². The van der Waals surface area contributed by atoms with Gasteiger partial charge >= 0.3 is 24.2 Å². The van der Waals surface area contributed by atoms with Gasteiger partial charge in [0.25, 0.3) is 0 Å². The molecule has 0 aliphatic rings. The van der Waals surface area contributed by atoms with E-state index in [1.165, 1.54) is 24.3 Å². The Hall–Kier alpha value is -3.04. The fourth-order valence-electron chi connectivity index (χ4n) is 2.15. The summed E-state index contributed by atoms with van der Waals surface area (Å²) in [4.78, 5) is 23.4. The fourth-order valence-corrected chi connectivity index (χ4v) is 2.15. The summed E-state index contributed by atoms with van der Waals surface area (Å²) in [6, 6.07) is 8.09.